The van der Waals surface area contributed by atoms with Crippen LogP contribution in [0.1, 0.15) is 35.2 Å². The zero-order valence-electron chi connectivity index (χ0n) is 16.2. The highest BCUT2D eigenvalue weighted by Gasteiger charge is 2.31. The minimum Gasteiger partial charge on any atom is -0.375 e. The third kappa shape index (κ3) is 4.12. The molecule has 0 spiro atoms. The second-order valence-corrected chi connectivity index (χ2v) is 7.10. The zero-order valence-corrected chi connectivity index (χ0v) is 16.2. The first-order chi connectivity index (χ1) is 14.0. The van der Waals surface area contributed by atoms with E-state index in [-0.39, 0.29) is 36.4 Å². The molecule has 1 aliphatic rings. The number of halogens is 1. The molecule has 0 radical (unpaired) electrons. The lowest BCUT2D eigenvalue weighted by Gasteiger charge is -2.31. The Labute approximate surface area is 167 Å². The quantitative estimate of drug-likeness (QED) is 0.692. The summed E-state index contributed by atoms with van der Waals surface area (Å²) in [5.74, 6) is 0.128. The number of hydrogen-bond acceptors (Lipinski definition) is 5. The van der Waals surface area contributed by atoms with Crippen LogP contribution in [0.4, 0.5) is 16.3 Å². The van der Waals surface area contributed by atoms with Crippen LogP contribution in [0.5, 0.6) is 0 Å². The number of aryl methyl sites for hydroxylation is 1. The van der Waals surface area contributed by atoms with Crippen molar-refractivity contribution in [2.45, 2.75) is 25.4 Å². The lowest BCUT2D eigenvalue weighted by molar-refractivity contribution is -0.119. The van der Waals surface area contributed by atoms with Crippen LogP contribution in [-0.4, -0.2) is 34.4 Å². The topological polar surface area (TPSA) is 81.1 Å². The van der Waals surface area contributed by atoms with Crippen molar-refractivity contribution in [3.05, 3.63) is 71.0 Å². The maximum absolute atomic E-state index is 13.4. The largest absolute Gasteiger partial charge is 0.375 e. The van der Waals surface area contributed by atoms with Gasteiger partial charge in [0.1, 0.15) is 12.4 Å². The number of anilines is 2. The molecule has 8 heteroatoms. The average Bonchev–Trinajstić information content (AvgIpc) is 3.11. The first kappa shape index (κ1) is 19.1. The molecule has 2 heterocycles. The fraction of sp³-hybridized carbons (Fsp3) is 0.286. The van der Waals surface area contributed by atoms with E-state index in [4.69, 9.17) is 4.74 Å². The smallest absolute Gasteiger partial charge is 0.252 e. The van der Waals surface area contributed by atoms with Crippen molar-refractivity contribution < 1.29 is 13.9 Å². The summed E-state index contributed by atoms with van der Waals surface area (Å²) in [4.78, 5) is 16.3. The molecular weight excluding hydrogens is 373 g/mol. The number of carbonyl (C=O) groups excluding carboxylic acids is 1. The molecule has 1 aromatic heterocycles. The van der Waals surface area contributed by atoms with Crippen LogP contribution in [0.3, 0.4) is 0 Å². The second kappa shape index (κ2) is 8.00. The van der Waals surface area contributed by atoms with E-state index in [1.54, 1.807) is 16.8 Å². The maximum Gasteiger partial charge on any atom is 0.252 e. The van der Waals surface area contributed by atoms with Gasteiger partial charge in [0.25, 0.3) is 11.9 Å². The van der Waals surface area contributed by atoms with E-state index < -0.39 is 0 Å². The molecule has 0 bridgehead atoms. The number of nitrogens with zero attached hydrogens (tertiary/aromatic N) is 3. The molecule has 4 rings (SSSR count). The normalized spacial score (nSPS) is 18.0. The fourth-order valence-corrected chi connectivity index (χ4v) is 3.50. The number of hydrogen-bond donors (Lipinski definition) is 2. The van der Waals surface area contributed by atoms with Crippen molar-refractivity contribution >= 4 is 17.8 Å². The molecule has 0 aliphatic carbocycles. The third-order valence-electron chi connectivity index (χ3n) is 4.95. The average molecular weight is 395 g/mol. The minimum atomic E-state index is -0.330. The molecule has 0 fully saturated rings. The standard InChI is InChI=1S/C21H22FN5O2/c1-13-3-5-14(6-4-13)17-11-18(15-7-9-16(22)10-8-15)27-21(23-17)25-20(26-27)24-19(28)12-29-2/h3-10,17-18H,11-12H2,1-2H3,(H2,23,24,25,26,28)/t17-,18+/m0/s1. The number of aromatic nitrogens is 3. The molecule has 0 saturated heterocycles. The molecule has 0 unspecified atom stereocenters. The van der Waals surface area contributed by atoms with Gasteiger partial charge in [-0.1, -0.05) is 42.0 Å². The Morgan fingerprint density at radius 3 is 2.59 bits per heavy atom. The van der Waals surface area contributed by atoms with Crippen molar-refractivity contribution in [3.63, 3.8) is 0 Å². The summed E-state index contributed by atoms with van der Waals surface area (Å²) >= 11 is 0. The van der Waals surface area contributed by atoms with E-state index >= 15 is 0 Å². The zero-order chi connectivity index (χ0) is 20.4. The van der Waals surface area contributed by atoms with Crippen molar-refractivity contribution in [3.8, 4) is 0 Å². The Kier molecular flexibility index (Phi) is 5.26. The molecule has 2 atom stereocenters. The lowest BCUT2D eigenvalue weighted by Crippen LogP contribution is -2.28. The van der Waals surface area contributed by atoms with E-state index in [1.807, 2.05) is 6.92 Å². The SMILES string of the molecule is COCC(=O)Nc1nc2n(n1)[C@@H](c1ccc(F)cc1)C[C@@H](c1ccc(C)cc1)N2. The first-order valence-electron chi connectivity index (χ1n) is 9.37. The maximum atomic E-state index is 13.4. The van der Waals surface area contributed by atoms with E-state index in [9.17, 15) is 9.18 Å². The molecule has 150 valence electrons. The van der Waals surface area contributed by atoms with Gasteiger partial charge in [-0.2, -0.15) is 4.98 Å². The molecular formula is C21H22FN5O2. The Morgan fingerprint density at radius 2 is 1.90 bits per heavy atom. The van der Waals surface area contributed by atoms with Gasteiger partial charge in [-0.15, -0.1) is 5.10 Å². The molecule has 29 heavy (non-hydrogen) atoms. The van der Waals surface area contributed by atoms with Crippen LogP contribution in [-0.2, 0) is 9.53 Å². The molecule has 2 aromatic carbocycles. The van der Waals surface area contributed by atoms with Crippen molar-refractivity contribution in [1.82, 2.24) is 14.8 Å². The van der Waals surface area contributed by atoms with Crippen molar-refractivity contribution in [2.75, 3.05) is 24.4 Å². The van der Waals surface area contributed by atoms with E-state index in [1.165, 1.54) is 24.8 Å². The number of fused-ring (bicyclic) bond motifs is 1. The molecule has 0 saturated carbocycles. The van der Waals surface area contributed by atoms with Crippen LogP contribution in [0, 0.1) is 12.7 Å². The second-order valence-electron chi connectivity index (χ2n) is 7.10. The predicted octanol–water partition coefficient (Wildman–Crippen LogP) is 3.46. The predicted molar refractivity (Wildman–Crippen MR) is 107 cm³/mol. The van der Waals surface area contributed by atoms with Gasteiger partial charge >= 0.3 is 0 Å². The summed E-state index contributed by atoms with van der Waals surface area (Å²) in [5.41, 5.74) is 3.24. The van der Waals surface area contributed by atoms with Gasteiger partial charge in [0, 0.05) is 7.11 Å². The Bertz CT molecular complexity index is 1000. The van der Waals surface area contributed by atoms with E-state index in [2.05, 4.69) is 45.0 Å². The summed E-state index contributed by atoms with van der Waals surface area (Å²) in [6.45, 7) is 1.97. The summed E-state index contributed by atoms with van der Waals surface area (Å²) < 4.78 is 20.0. The van der Waals surface area contributed by atoms with E-state index in [0.717, 1.165) is 11.1 Å². The lowest BCUT2D eigenvalue weighted by atomic mass is 9.93. The fourth-order valence-electron chi connectivity index (χ4n) is 3.50. The van der Waals surface area contributed by atoms with Crippen molar-refractivity contribution in [1.29, 1.82) is 0 Å². The molecule has 1 amide bonds. The molecule has 7 nitrogen and oxygen atoms in total. The number of nitrogens with one attached hydrogen (secondary N) is 2. The number of amides is 1. The third-order valence-corrected chi connectivity index (χ3v) is 4.95. The summed E-state index contributed by atoms with van der Waals surface area (Å²) in [5, 5.41) is 10.5. The van der Waals surface area contributed by atoms with Gasteiger partial charge in [0.05, 0.1) is 12.1 Å². The minimum absolute atomic E-state index is 0.00452. The van der Waals surface area contributed by atoms with E-state index in [0.29, 0.717) is 12.4 Å². The highest BCUT2D eigenvalue weighted by molar-refractivity contribution is 5.90. The number of carbonyl (C=O) groups is 1. The van der Waals surface area contributed by atoms with Crippen LogP contribution < -0.4 is 10.6 Å². The first-order valence-corrected chi connectivity index (χ1v) is 9.37. The van der Waals surface area contributed by atoms with Gasteiger partial charge in [-0.25, -0.2) is 9.07 Å². The Morgan fingerprint density at radius 1 is 1.21 bits per heavy atom. The van der Waals surface area contributed by atoms with Gasteiger partial charge in [0.15, 0.2) is 0 Å². The number of methoxy groups -OCH3 is 1. The van der Waals surface area contributed by atoms with Gasteiger partial charge < -0.3 is 10.1 Å². The van der Waals surface area contributed by atoms with Crippen LogP contribution >= 0.6 is 0 Å². The van der Waals surface area contributed by atoms with Crippen LogP contribution in [0.25, 0.3) is 0 Å². The number of benzene rings is 2. The van der Waals surface area contributed by atoms with Crippen LogP contribution in [0.15, 0.2) is 48.5 Å². The van der Waals surface area contributed by atoms with Gasteiger partial charge in [0.2, 0.25) is 5.95 Å². The number of ether oxygens (including phenoxy) is 1. The molecule has 1 aliphatic heterocycles. The van der Waals surface area contributed by atoms with Gasteiger partial charge in [-0.05, 0) is 36.6 Å². The monoisotopic (exact) mass is 395 g/mol. The van der Waals surface area contributed by atoms with Crippen LogP contribution in [0.2, 0.25) is 0 Å². The highest BCUT2D eigenvalue weighted by atomic mass is 19.1. The van der Waals surface area contributed by atoms with Gasteiger partial charge in [-0.3, -0.25) is 10.1 Å². The Balaban J connectivity index is 1.69. The summed E-state index contributed by atoms with van der Waals surface area (Å²) in [6.07, 6.45) is 0.705. The number of rotatable bonds is 5. The molecule has 3 aromatic rings. The summed E-state index contributed by atoms with van der Waals surface area (Å²) in [6, 6.07) is 14.6. The highest BCUT2D eigenvalue weighted by Crippen LogP contribution is 2.38. The van der Waals surface area contributed by atoms with Crippen molar-refractivity contribution in [2.24, 2.45) is 0 Å². The Hall–Kier alpha value is -3.26. The summed E-state index contributed by atoms with van der Waals surface area (Å²) in [7, 11) is 1.45. The molecule has 2 N–H and O–H groups in total.